The van der Waals surface area contributed by atoms with Crippen LogP contribution < -0.4 is 10.1 Å². The van der Waals surface area contributed by atoms with Gasteiger partial charge in [-0.15, -0.1) is 0 Å². The molecule has 0 aromatic heterocycles. The van der Waals surface area contributed by atoms with Gasteiger partial charge in [-0.3, -0.25) is 9.59 Å². The minimum Gasteiger partial charge on any atom is -0.485 e. The molecule has 0 saturated heterocycles. The number of aliphatic hydroxyl groups excluding tert-OH is 1. The fourth-order valence-electron chi connectivity index (χ4n) is 3.22. The maximum Gasteiger partial charge on any atom is 0.221 e. The number of benzene rings is 2. The zero-order valence-electron chi connectivity index (χ0n) is 16.5. The molecule has 0 bridgehead atoms. The summed E-state index contributed by atoms with van der Waals surface area (Å²) in [5.41, 5.74) is 1.03. The van der Waals surface area contributed by atoms with Crippen molar-refractivity contribution in [2.24, 2.45) is 0 Å². The van der Waals surface area contributed by atoms with Gasteiger partial charge < -0.3 is 15.2 Å². The number of halogens is 1. The maximum absolute atomic E-state index is 13.0. The summed E-state index contributed by atoms with van der Waals surface area (Å²) in [6.45, 7) is 2.89. The summed E-state index contributed by atoms with van der Waals surface area (Å²) in [4.78, 5) is 23.8. The molecule has 30 heavy (non-hydrogen) atoms. The van der Waals surface area contributed by atoms with Gasteiger partial charge in [-0.05, 0) is 25.5 Å². The van der Waals surface area contributed by atoms with E-state index in [1.807, 2.05) is 37.3 Å². The first-order valence-electron chi connectivity index (χ1n) is 9.36. The average Bonchev–Trinajstić information content (AvgIpc) is 2.71. The van der Waals surface area contributed by atoms with Crippen molar-refractivity contribution in [3.63, 3.8) is 0 Å². The fourth-order valence-corrected chi connectivity index (χ4v) is 5.12. The van der Waals surface area contributed by atoms with E-state index in [0.29, 0.717) is 0 Å². The summed E-state index contributed by atoms with van der Waals surface area (Å²) >= 11 is 6.15. The van der Waals surface area contributed by atoms with Gasteiger partial charge in [-0.25, -0.2) is 8.42 Å². The second kappa shape index (κ2) is 8.75. The molecule has 3 unspecified atom stereocenters. The van der Waals surface area contributed by atoms with Crippen LogP contribution in [0.15, 0.2) is 47.4 Å². The highest BCUT2D eigenvalue weighted by atomic mass is 35.5. The first kappa shape index (κ1) is 22.3. The van der Waals surface area contributed by atoms with Crippen LogP contribution in [0.3, 0.4) is 0 Å². The van der Waals surface area contributed by atoms with Gasteiger partial charge >= 0.3 is 0 Å². The van der Waals surface area contributed by atoms with Crippen molar-refractivity contribution in [3.8, 4) is 5.75 Å². The van der Waals surface area contributed by atoms with Crippen LogP contribution in [-0.4, -0.2) is 37.1 Å². The van der Waals surface area contributed by atoms with Crippen molar-refractivity contribution in [2.75, 3.05) is 6.61 Å². The summed E-state index contributed by atoms with van der Waals surface area (Å²) in [5.74, 6) is -0.861. The molecule has 3 rings (SSSR count). The Bertz CT molecular complexity index is 1070. The van der Waals surface area contributed by atoms with E-state index in [2.05, 4.69) is 5.32 Å². The molecule has 0 aliphatic carbocycles. The predicted octanol–water partition coefficient (Wildman–Crippen LogP) is 2.76. The van der Waals surface area contributed by atoms with Gasteiger partial charge in [0.05, 0.1) is 21.2 Å². The normalized spacial score (nSPS) is 18.1. The number of ketones is 1. The number of fused-ring (bicyclic) bond motifs is 1. The number of ether oxygens (including phenoxy) is 1. The number of Topliss-reactive ketones (excluding diaryl/α,β-unsaturated/α-hetero) is 1. The van der Waals surface area contributed by atoms with Gasteiger partial charge in [-0.1, -0.05) is 41.9 Å². The first-order chi connectivity index (χ1) is 14.1. The molecular weight excluding hydrogens is 430 g/mol. The minimum absolute atomic E-state index is 0.0828. The number of hydrogen-bond acceptors (Lipinski definition) is 6. The Morgan fingerprint density at radius 2 is 1.93 bits per heavy atom. The number of nitrogens with one attached hydrogen (secondary N) is 1. The topological polar surface area (TPSA) is 110 Å². The highest BCUT2D eigenvalue weighted by Gasteiger charge is 2.33. The number of carbonyl (C=O) groups is 2. The molecule has 0 fully saturated rings. The molecule has 2 aromatic rings. The molecule has 1 heterocycles. The molecule has 0 saturated carbocycles. The van der Waals surface area contributed by atoms with E-state index in [-0.39, 0.29) is 40.3 Å². The number of aliphatic hydroxyl groups is 1. The Morgan fingerprint density at radius 1 is 1.27 bits per heavy atom. The van der Waals surface area contributed by atoms with E-state index in [0.717, 1.165) is 5.56 Å². The van der Waals surface area contributed by atoms with Crippen LogP contribution in [-0.2, 0) is 19.4 Å². The molecule has 1 aliphatic heterocycles. The molecule has 0 spiro atoms. The number of rotatable bonds is 6. The zero-order chi connectivity index (χ0) is 22.1. The number of carbonyl (C=O) groups excluding carboxylic acids is 2. The zero-order valence-corrected chi connectivity index (χ0v) is 18.0. The van der Waals surface area contributed by atoms with Gasteiger partial charge in [0.25, 0.3) is 0 Å². The van der Waals surface area contributed by atoms with Crippen LogP contribution in [0.5, 0.6) is 5.75 Å². The summed E-state index contributed by atoms with van der Waals surface area (Å²) < 4.78 is 31.3. The smallest absolute Gasteiger partial charge is 0.221 e. The monoisotopic (exact) mass is 451 g/mol. The summed E-state index contributed by atoms with van der Waals surface area (Å²) in [5, 5.41) is 11.6. The lowest BCUT2D eigenvalue weighted by Crippen LogP contribution is -2.32. The lowest BCUT2D eigenvalue weighted by atomic mass is 10.0. The van der Waals surface area contributed by atoms with Crippen LogP contribution in [0.2, 0.25) is 5.02 Å². The summed E-state index contributed by atoms with van der Waals surface area (Å²) in [7, 11) is -3.97. The average molecular weight is 452 g/mol. The van der Waals surface area contributed by atoms with Crippen LogP contribution >= 0.6 is 11.6 Å². The maximum atomic E-state index is 13.0. The quantitative estimate of drug-likeness (QED) is 0.698. The Kier molecular flexibility index (Phi) is 6.50. The van der Waals surface area contributed by atoms with Gasteiger partial charge in [0.2, 0.25) is 11.7 Å². The van der Waals surface area contributed by atoms with Gasteiger partial charge in [0, 0.05) is 18.1 Å². The SMILES string of the molecule is CC(NC(=O)CC(C)S(=O)(=O)c1cc2c(cc1Cl)C(O)C(=O)CO2)c1ccccc1. The van der Waals surface area contributed by atoms with E-state index in [1.54, 1.807) is 0 Å². The van der Waals surface area contributed by atoms with Crippen molar-refractivity contribution >= 4 is 33.1 Å². The van der Waals surface area contributed by atoms with Gasteiger partial charge in [-0.2, -0.15) is 0 Å². The van der Waals surface area contributed by atoms with E-state index < -0.39 is 32.9 Å². The Balaban J connectivity index is 1.76. The van der Waals surface area contributed by atoms with Crippen molar-refractivity contribution in [3.05, 3.63) is 58.6 Å². The highest BCUT2D eigenvalue weighted by molar-refractivity contribution is 7.92. The molecule has 2 aromatic carbocycles. The Hall–Kier alpha value is -2.42. The molecule has 0 radical (unpaired) electrons. The lowest BCUT2D eigenvalue weighted by Gasteiger charge is -2.23. The third-order valence-electron chi connectivity index (χ3n) is 5.02. The van der Waals surface area contributed by atoms with Crippen molar-refractivity contribution in [1.82, 2.24) is 5.32 Å². The largest absolute Gasteiger partial charge is 0.485 e. The molecule has 9 heteroatoms. The standard InChI is InChI=1S/C21H22ClNO6S/c1-12(8-20(25)23-13(2)14-6-4-3-5-7-14)30(27,28)19-10-18-15(9-16(19)22)21(26)17(24)11-29-18/h3-7,9-10,12-13,21,26H,8,11H2,1-2H3,(H,23,25). The van der Waals surface area contributed by atoms with Gasteiger partial charge in [0.15, 0.2) is 9.84 Å². The molecule has 3 atom stereocenters. The molecule has 7 nitrogen and oxygen atoms in total. The van der Waals surface area contributed by atoms with Gasteiger partial charge in [0.1, 0.15) is 18.5 Å². The minimum atomic E-state index is -3.97. The third-order valence-corrected chi connectivity index (χ3v) is 7.62. The van der Waals surface area contributed by atoms with Crippen molar-refractivity contribution in [2.45, 2.75) is 42.6 Å². The van der Waals surface area contributed by atoms with Crippen LogP contribution in [0, 0.1) is 0 Å². The van der Waals surface area contributed by atoms with Crippen LogP contribution in [0.1, 0.15) is 43.5 Å². The lowest BCUT2D eigenvalue weighted by molar-refractivity contribution is -0.131. The molecule has 1 aliphatic rings. The molecule has 1 amide bonds. The predicted molar refractivity (Wildman–Crippen MR) is 111 cm³/mol. The van der Waals surface area contributed by atoms with E-state index in [4.69, 9.17) is 16.3 Å². The second-order valence-corrected chi connectivity index (χ2v) is 9.98. The molecule has 2 N–H and O–H groups in total. The summed E-state index contributed by atoms with van der Waals surface area (Å²) in [6, 6.07) is 11.5. The number of amides is 1. The van der Waals surface area contributed by atoms with Crippen LogP contribution in [0.25, 0.3) is 0 Å². The number of hydrogen-bond donors (Lipinski definition) is 2. The Morgan fingerprint density at radius 3 is 2.60 bits per heavy atom. The fraction of sp³-hybridized carbons (Fsp3) is 0.333. The summed E-state index contributed by atoms with van der Waals surface area (Å²) in [6.07, 6.45) is -1.67. The Labute approximate surface area is 179 Å². The third kappa shape index (κ3) is 4.50. The van der Waals surface area contributed by atoms with E-state index >= 15 is 0 Å². The van der Waals surface area contributed by atoms with Crippen molar-refractivity contribution < 1.29 is 27.9 Å². The first-order valence-corrected chi connectivity index (χ1v) is 11.3. The van der Waals surface area contributed by atoms with E-state index in [9.17, 15) is 23.1 Å². The van der Waals surface area contributed by atoms with E-state index in [1.165, 1.54) is 19.1 Å². The number of sulfone groups is 1. The second-order valence-electron chi connectivity index (χ2n) is 7.24. The molecular formula is C21H22ClNO6S. The highest BCUT2D eigenvalue weighted by Crippen LogP contribution is 2.38. The molecule has 160 valence electrons. The van der Waals surface area contributed by atoms with Crippen molar-refractivity contribution in [1.29, 1.82) is 0 Å². The van der Waals surface area contributed by atoms with Crippen LogP contribution in [0.4, 0.5) is 0 Å².